The Kier molecular flexibility index (Phi) is 3.10. The molecule has 0 aliphatic rings. The van der Waals surface area contributed by atoms with Gasteiger partial charge in [-0.1, -0.05) is 30.3 Å². The summed E-state index contributed by atoms with van der Waals surface area (Å²) in [4.78, 5) is 2.15. The van der Waals surface area contributed by atoms with E-state index in [0.29, 0.717) is 0 Å². The van der Waals surface area contributed by atoms with Gasteiger partial charge in [0.15, 0.2) is 0 Å². The van der Waals surface area contributed by atoms with Crippen molar-refractivity contribution < 1.29 is 0 Å². The smallest absolute Gasteiger partial charge is 0.0440 e. The van der Waals surface area contributed by atoms with E-state index < -0.39 is 0 Å². The Morgan fingerprint density at radius 3 is 2.25 bits per heavy atom. The molecule has 0 saturated carbocycles. The first-order chi connectivity index (χ1) is 7.61. The zero-order valence-corrected chi connectivity index (χ0v) is 10.8. The number of hydrogen-bond acceptors (Lipinski definition) is 2. The van der Waals surface area contributed by atoms with Gasteiger partial charge in [0.1, 0.15) is 0 Å². The van der Waals surface area contributed by atoms with Crippen molar-refractivity contribution in [2.45, 2.75) is 12.2 Å². The molecule has 0 amide bonds. The van der Waals surface area contributed by atoms with Gasteiger partial charge in [-0.2, -0.15) is 12.6 Å². The van der Waals surface area contributed by atoms with Crippen LogP contribution in [0.5, 0.6) is 0 Å². The third kappa shape index (κ3) is 1.90. The fourth-order valence-corrected chi connectivity index (χ4v) is 2.30. The van der Waals surface area contributed by atoms with Crippen molar-refractivity contribution >= 4 is 29.1 Å². The van der Waals surface area contributed by atoms with E-state index in [2.05, 4.69) is 74.9 Å². The molecule has 16 heavy (non-hydrogen) atoms. The topological polar surface area (TPSA) is 3.24 Å². The summed E-state index contributed by atoms with van der Waals surface area (Å²) in [5.74, 6) is 0. The lowest BCUT2D eigenvalue weighted by molar-refractivity contribution is 1.12. The van der Waals surface area contributed by atoms with Crippen LogP contribution in [0.4, 0.5) is 5.69 Å². The van der Waals surface area contributed by atoms with Gasteiger partial charge in [-0.3, -0.25) is 0 Å². The molecule has 2 heteroatoms. The number of fused-ring (bicyclic) bond motifs is 1. The van der Waals surface area contributed by atoms with E-state index in [-0.39, 0.29) is 5.25 Å². The van der Waals surface area contributed by atoms with E-state index in [1.54, 1.807) is 0 Å². The maximum atomic E-state index is 4.54. The van der Waals surface area contributed by atoms with Gasteiger partial charge in [0.2, 0.25) is 0 Å². The molecule has 0 spiro atoms. The second-order valence-electron chi connectivity index (χ2n) is 4.29. The Balaban J connectivity index is 2.76. The first-order valence-corrected chi connectivity index (χ1v) is 6.00. The summed E-state index contributed by atoms with van der Waals surface area (Å²) >= 11 is 4.54. The Labute approximate surface area is 102 Å². The van der Waals surface area contributed by atoms with Crippen LogP contribution in [0.2, 0.25) is 0 Å². The summed E-state index contributed by atoms with van der Waals surface area (Å²) < 4.78 is 0. The van der Waals surface area contributed by atoms with Crippen molar-refractivity contribution in [3.8, 4) is 0 Å². The van der Waals surface area contributed by atoms with Gasteiger partial charge in [0.05, 0.1) is 0 Å². The second-order valence-corrected chi connectivity index (χ2v) is 5.06. The summed E-state index contributed by atoms with van der Waals surface area (Å²) in [5.41, 5.74) is 2.55. The molecule has 0 saturated heterocycles. The number of nitrogens with zero attached hydrogens (tertiary/aromatic N) is 1. The normalized spacial score (nSPS) is 12.8. The Hall–Kier alpha value is -1.15. The van der Waals surface area contributed by atoms with Crippen LogP contribution in [0, 0.1) is 0 Å². The molecule has 0 fully saturated rings. The SMILES string of the molecule is CC(S)c1cccc2c(N(C)C)cccc12. The zero-order chi connectivity index (χ0) is 11.7. The first-order valence-electron chi connectivity index (χ1n) is 5.48. The highest BCUT2D eigenvalue weighted by Gasteiger charge is 2.08. The fourth-order valence-electron chi connectivity index (χ4n) is 2.07. The molecule has 84 valence electrons. The highest BCUT2D eigenvalue weighted by molar-refractivity contribution is 7.80. The highest BCUT2D eigenvalue weighted by atomic mass is 32.1. The molecule has 0 N–H and O–H groups in total. The summed E-state index contributed by atoms with van der Waals surface area (Å²) in [6.07, 6.45) is 0. The molecular weight excluding hydrogens is 214 g/mol. The van der Waals surface area contributed by atoms with Crippen molar-refractivity contribution in [3.05, 3.63) is 42.0 Å². The number of thiol groups is 1. The molecule has 2 rings (SSSR count). The molecule has 1 atom stereocenters. The van der Waals surface area contributed by atoms with E-state index in [1.165, 1.54) is 22.0 Å². The Bertz CT molecular complexity index is 456. The lowest BCUT2D eigenvalue weighted by atomic mass is 10.0. The number of hydrogen-bond donors (Lipinski definition) is 1. The maximum absolute atomic E-state index is 4.54. The molecule has 1 unspecified atom stereocenters. The predicted molar refractivity (Wildman–Crippen MR) is 75.7 cm³/mol. The predicted octanol–water partition coefficient (Wildman–Crippen LogP) is 3.90. The largest absolute Gasteiger partial charge is 0.377 e. The highest BCUT2D eigenvalue weighted by Crippen LogP contribution is 2.32. The number of benzene rings is 2. The van der Waals surface area contributed by atoms with Gasteiger partial charge in [-0.25, -0.2) is 0 Å². The lowest BCUT2D eigenvalue weighted by Gasteiger charge is -2.17. The Morgan fingerprint density at radius 2 is 1.62 bits per heavy atom. The minimum absolute atomic E-state index is 0.265. The summed E-state index contributed by atoms with van der Waals surface area (Å²) in [5, 5.41) is 2.86. The standard InChI is InChI=1S/C14H17NS/c1-10(16)11-6-4-8-13-12(11)7-5-9-14(13)15(2)3/h4-10,16H,1-3H3. The van der Waals surface area contributed by atoms with Crippen molar-refractivity contribution in [3.63, 3.8) is 0 Å². The molecule has 2 aromatic rings. The van der Waals surface area contributed by atoms with Crippen LogP contribution in [0.1, 0.15) is 17.7 Å². The van der Waals surface area contributed by atoms with E-state index in [9.17, 15) is 0 Å². The molecule has 0 aliphatic heterocycles. The van der Waals surface area contributed by atoms with Gasteiger partial charge in [-0.15, -0.1) is 0 Å². The van der Waals surface area contributed by atoms with Crippen molar-refractivity contribution in [1.29, 1.82) is 0 Å². The fraction of sp³-hybridized carbons (Fsp3) is 0.286. The van der Waals surface area contributed by atoms with Gasteiger partial charge in [0.25, 0.3) is 0 Å². The van der Waals surface area contributed by atoms with Crippen molar-refractivity contribution in [2.24, 2.45) is 0 Å². The van der Waals surface area contributed by atoms with E-state index in [1.807, 2.05) is 0 Å². The van der Waals surface area contributed by atoms with Crippen LogP contribution in [0.25, 0.3) is 10.8 Å². The van der Waals surface area contributed by atoms with Crippen molar-refractivity contribution in [2.75, 3.05) is 19.0 Å². The summed E-state index contributed by atoms with van der Waals surface area (Å²) in [7, 11) is 4.15. The van der Waals surface area contributed by atoms with E-state index >= 15 is 0 Å². The quantitative estimate of drug-likeness (QED) is 0.767. The molecule has 2 aromatic carbocycles. The molecular formula is C14H17NS. The zero-order valence-electron chi connectivity index (χ0n) is 9.94. The molecule has 0 aliphatic carbocycles. The van der Waals surface area contributed by atoms with Crippen LogP contribution in [-0.4, -0.2) is 14.1 Å². The minimum Gasteiger partial charge on any atom is -0.377 e. The van der Waals surface area contributed by atoms with Gasteiger partial charge in [0, 0.05) is 30.4 Å². The van der Waals surface area contributed by atoms with Crippen LogP contribution < -0.4 is 4.90 Å². The van der Waals surface area contributed by atoms with Gasteiger partial charge < -0.3 is 4.90 Å². The van der Waals surface area contributed by atoms with Gasteiger partial charge >= 0.3 is 0 Å². The van der Waals surface area contributed by atoms with Crippen LogP contribution in [0.3, 0.4) is 0 Å². The van der Waals surface area contributed by atoms with E-state index in [4.69, 9.17) is 0 Å². The number of anilines is 1. The average Bonchev–Trinajstić information content (AvgIpc) is 2.27. The van der Waals surface area contributed by atoms with Crippen LogP contribution >= 0.6 is 12.6 Å². The van der Waals surface area contributed by atoms with Crippen molar-refractivity contribution in [1.82, 2.24) is 0 Å². The molecule has 1 nitrogen and oxygen atoms in total. The lowest BCUT2D eigenvalue weighted by Crippen LogP contribution is -2.09. The molecule has 0 heterocycles. The van der Waals surface area contributed by atoms with Crippen LogP contribution in [-0.2, 0) is 0 Å². The third-order valence-electron chi connectivity index (χ3n) is 2.86. The van der Waals surface area contributed by atoms with Gasteiger partial charge in [-0.05, 0) is 23.9 Å². The maximum Gasteiger partial charge on any atom is 0.0440 e. The average molecular weight is 231 g/mol. The summed E-state index contributed by atoms with van der Waals surface area (Å²) in [6.45, 7) is 2.11. The third-order valence-corrected chi connectivity index (χ3v) is 3.14. The molecule has 0 bridgehead atoms. The summed E-state index contributed by atoms with van der Waals surface area (Å²) in [6, 6.07) is 12.9. The monoisotopic (exact) mass is 231 g/mol. The second kappa shape index (κ2) is 4.38. The Morgan fingerprint density at radius 1 is 1.00 bits per heavy atom. The molecule has 0 aromatic heterocycles. The molecule has 0 radical (unpaired) electrons. The first kappa shape index (κ1) is 11.3. The minimum atomic E-state index is 0.265. The number of rotatable bonds is 2. The van der Waals surface area contributed by atoms with E-state index in [0.717, 1.165) is 0 Å². The van der Waals surface area contributed by atoms with Crippen LogP contribution in [0.15, 0.2) is 36.4 Å².